The standard InChI is InChI=1S/C67H119NO8/c1-6-8-10-12-14-16-18-20-22-24-26-28-30-31-32-33-34-35-36-38-40-42-44-46-48-50-52-54-56-58-65(70)76-63(62-75-67(66(71)72)73-60-59-68(3,4)5)61-74-64(69)57-55-53-51-49-47-45-43-41-39-37-29-27-25-23-21-19-17-15-13-11-9-7-2/h8,10,14,16,20,22,26,28,31-32,34-35,63,67H,6-7,9,11-13,15,17-19,21,23-25,27,29-30,33,36-62H2,1-5H3/b10-8-,16-14-,22-20-,28-26-,32-31-,35-34-. The van der Waals surface area contributed by atoms with Crippen LogP contribution in [-0.4, -0.2) is 82.3 Å². The molecule has 9 nitrogen and oxygen atoms in total. The molecular formula is C67H119NO8. The summed E-state index contributed by atoms with van der Waals surface area (Å²) in [6, 6.07) is 0. The molecular weight excluding hydrogens is 947 g/mol. The number of aliphatic carboxylic acids is 1. The van der Waals surface area contributed by atoms with Gasteiger partial charge in [-0.2, -0.15) is 0 Å². The maximum Gasteiger partial charge on any atom is 0.306 e. The van der Waals surface area contributed by atoms with Gasteiger partial charge < -0.3 is 33.3 Å². The van der Waals surface area contributed by atoms with Crippen molar-refractivity contribution in [2.45, 2.75) is 289 Å². The number of unbranched alkanes of at least 4 members (excludes halogenated alkanes) is 31. The molecule has 0 amide bonds. The van der Waals surface area contributed by atoms with Gasteiger partial charge in [0.05, 0.1) is 40.3 Å². The van der Waals surface area contributed by atoms with Gasteiger partial charge in [-0.25, -0.2) is 0 Å². The van der Waals surface area contributed by atoms with Crippen LogP contribution in [0.15, 0.2) is 72.9 Å². The highest BCUT2D eigenvalue weighted by Crippen LogP contribution is 2.17. The highest BCUT2D eigenvalue weighted by molar-refractivity contribution is 5.70. The van der Waals surface area contributed by atoms with E-state index in [0.29, 0.717) is 23.9 Å². The number of carboxylic acids is 1. The molecule has 0 radical (unpaired) electrons. The molecule has 0 N–H and O–H groups in total. The van der Waals surface area contributed by atoms with Crippen LogP contribution in [0, 0.1) is 0 Å². The van der Waals surface area contributed by atoms with Crippen molar-refractivity contribution in [2.24, 2.45) is 0 Å². The molecule has 0 aliphatic rings. The number of ether oxygens (including phenoxy) is 4. The number of esters is 2. The zero-order chi connectivity index (χ0) is 55.5. The van der Waals surface area contributed by atoms with E-state index in [2.05, 4.69) is 86.8 Å². The molecule has 0 aliphatic carbocycles. The van der Waals surface area contributed by atoms with Crippen molar-refractivity contribution in [3.05, 3.63) is 72.9 Å². The van der Waals surface area contributed by atoms with E-state index in [1.165, 1.54) is 161 Å². The largest absolute Gasteiger partial charge is 0.545 e. The molecule has 0 heterocycles. The van der Waals surface area contributed by atoms with Gasteiger partial charge in [-0.15, -0.1) is 0 Å². The first-order chi connectivity index (χ1) is 37.1. The Balaban J connectivity index is 4.20. The fourth-order valence-electron chi connectivity index (χ4n) is 8.89. The van der Waals surface area contributed by atoms with Gasteiger partial charge in [0.15, 0.2) is 12.4 Å². The summed E-state index contributed by atoms with van der Waals surface area (Å²) < 4.78 is 22.8. The maximum absolute atomic E-state index is 12.9. The summed E-state index contributed by atoms with van der Waals surface area (Å²) in [7, 11) is 5.93. The quantitative estimate of drug-likeness (QED) is 0.0195. The molecule has 0 spiro atoms. The van der Waals surface area contributed by atoms with Crippen molar-refractivity contribution in [3.8, 4) is 0 Å². The number of carbonyl (C=O) groups is 3. The molecule has 0 aromatic rings. The molecule has 76 heavy (non-hydrogen) atoms. The lowest BCUT2D eigenvalue weighted by Crippen LogP contribution is -2.44. The Bertz CT molecular complexity index is 1470. The number of nitrogens with zero attached hydrogens (tertiary/aromatic N) is 1. The highest BCUT2D eigenvalue weighted by Gasteiger charge is 2.22. The first kappa shape index (κ1) is 72.7. The predicted molar refractivity (Wildman–Crippen MR) is 320 cm³/mol. The lowest BCUT2D eigenvalue weighted by Gasteiger charge is -2.26. The van der Waals surface area contributed by atoms with Crippen LogP contribution in [0.5, 0.6) is 0 Å². The van der Waals surface area contributed by atoms with Gasteiger partial charge in [0.25, 0.3) is 0 Å². The topological polar surface area (TPSA) is 111 Å². The summed E-state index contributed by atoms with van der Waals surface area (Å²) in [4.78, 5) is 37.4. The summed E-state index contributed by atoms with van der Waals surface area (Å²) in [6.07, 6.45) is 72.4. The van der Waals surface area contributed by atoms with Gasteiger partial charge in [-0.3, -0.25) is 9.59 Å². The van der Waals surface area contributed by atoms with Crippen molar-refractivity contribution in [1.82, 2.24) is 0 Å². The van der Waals surface area contributed by atoms with E-state index in [1.54, 1.807) is 0 Å². The van der Waals surface area contributed by atoms with Crippen molar-refractivity contribution in [2.75, 3.05) is 47.5 Å². The van der Waals surface area contributed by atoms with E-state index in [0.717, 1.165) is 83.5 Å². The lowest BCUT2D eigenvalue weighted by atomic mass is 10.0. The van der Waals surface area contributed by atoms with Crippen LogP contribution < -0.4 is 5.11 Å². The highest BCUT2D eigenvalue weighted by atomic mass is 16.7. The Labute approximate surface area is 468 Å². The van der Waals surface area contributed by atoms with E-state index >= 15 is 0 Å². The zero-order valence-electron chi connectivity index (χ0n) is 50.1. The summed E-state index contributed by atoms with van der Waals surface area (Å²) in [5, 5.41) is 11.8. The number of rotatable bonds is 58. The van der Waals surface area contributed by atoms with Crippen molar-refractivity contribution in [3.63, 3.8) is 0 Å². The van der Waals surface area contributed by atoms with Crippen LogP contribution in [0.1, 0.15) is 277 Å². The second kappa shape index (κ2) is 57.9. The SMILES string of the molecule is CC/C=C\C/C=C\C/C=C\C/C=C\C/C=C\C/C=C\CCCCCCCCCCCCC(=O)OC(COC(=O)CCCCCCCCCCCCCCCCCCCCCCCC)COC(OCC[N+](C)(C)C)C(=O)[O-]. The second-order valence-electron chi connectivity index (χ2n) is 22.3. The van der Waals surface area contributed by atoms with Gasteiger partial charge >= 0.3 is 11.9 Å². The molecule has 2 unspecified atom stereocenters. The van der Waals surface area contributed by atoms with E-state index in [9.17, 15) is 19.5 Å². The Morgan fingerprint density at radius 3 is 1.12 bits per heavy atom. The fourth-order valence-corrected chi connectivity index (χ4v) is 8.89. The third kappa shape index (κ3) is 58.4. The number of likely N-dealkylation sites (N-methyl/N-ethyl adjacent to an activating group) is 1. The van der Waals surface area contributed by atoms with E-state index in [-0.39, 0.29) is 32.2 Å². The summed E-state index contributed by atoms with van der Waals surface area (Å²) >= 11 is 0. The molecule has 0 saturated heterocycles. The van der Waals surface area contributed by atoms with Crippen LogP contribution in [-0.2, 0) is 33.3 Å². The van der Waals surface area contributed by atoms with Crippen molar-refractivity contribution >= 4 is 17.9 Å². The van der Waals surface area contributed by atoms with Crippen molar-refractivity contribution < 1.29 is 42.9 Å². The van der Waals surface area contributed by atoms with Gasteiger partial charge in [-0.05, 0) is 64.2 Å². The number of hydrogen-bond acceptors (Lipinski definition) is 8. The monoisotopic (exact) mass is 1070 g/mol. The van der Waals surface area contributed by atoms with Crippen LogP contribution in [0.4, 0.5) is 0 Å². The zero-order valence-corrected chi connectivity index (χ0v) is 50.1. The van der Waals surface area contributed by atoms with Crippen LogP contribution in [0.2, 0.25) is 0 Å². The van der Waals surface area contributed by atoms with E-state index in [4.69, 9.17) is 18.9 Å². The van der Waals surface area contributed by atoms with Gasteiger partial charge in [0.2, 0.25) is 0 Å². The van der Waals surface area contributed by atoms with Crippen molar-refractivity contribution in [1.29, 1.82) is 0 Å². The maximum atomic E-state index is 12.9. The molecule has 0 bridgehead atoms. The molecule has 0 saturated carbocycles. The first-order valence-electron chi connectivity index (χ1n) is 31.6. The van der Waals surface area contributed by atoms with Gasteiger partial charge in [0, 0.05) is 12.8 Å². The second-order valence-corrected chi connectivity index (χ2v) is 22.3. The average molecular weight is 1070 g/mol. The smallest absolute Gasteiger partial charge is 0.306 e. The number of quaternary nitrogens is 1. The normalized spacial score (nSPS) is 13.2. The minimum absolute atomic E-state index is 0.146. The third-order valence-electron chi connectivity index (χ3n) is 13.7. The number of allylic oxidation sites excluding steroid dienone is 12. The minimum atomic E-state index is -1.62. The molecule has 0 fully saturated rings. The summed E-state index contributed by atoms with van der Waals surface area (Å²) in [6.45, 7) is 4.66. The molecule has 440 valence electrons. The first-order valence-corrected chi connectivity index (χ1v) is 31.6. The number of carbonyl (C=O) groups excluding carboxylic acids is 3. The molecule has 9 heteroatoms. The van der Waals surface area contributed by atoms with Gasteiger partial charge in [0.1, 0.15) is 13.2 Å². The number of hydrogen-bond donors (Lipinski definition) is 0. The molecule has 0 aromatic carbocycles. The van der Waals surface area contributed by atoms with Crippen LogP contribution in [0.25, 0.3) is 0 Å². The molecule has 0 aromatic heterocycles. The predicted octanol–water partition coefficient (Wildman–Crippen LogP) is 17.6. The third-order valence-corrected chi connectivity index (χ3v) is 13.7. The number of carboxylic acid groups (broad SMARTS) is 1. The lowest BCUT2D eigenvalue weighted by molar-refractivity contribution is -0.870. The Morgan fingerprint density at radius 2 is 0.750 bits per heavy atom. The van der Waals surface area contributed by atoms with Gasteiger partial charge in [-0.1, -0.05) is 273 Å². The molecule has 0 aliphatic heterocycles. The van der Waals surface area contributed by atoms with Crippen LogP contribution >= 0.6 is 0 Å². The van der Waals surface area contributed by atoms with E-state index < -0.39 is 24.3 Å². The minimum Gasteiger partial charge on any atom is -0.545 e. The molecule has 2 atom stereocenters. The van der Waals surface area contributed by atoms with E-state index in [1.807, 2.05) is 21.1 Å². The Morgan fingerprint density at radius 1 is 0.408 bits per heavy atom. The molecule has 0 rings (SSSR count). The Hall–Kier alpha value is -3.27. The fraction of sp³-hybridized carbons (Fsp3) is 0.776. The summed E-state index contributed by atoms with van der Waals surface area (Å²) in [5.74, 6) is -2.28. The average Bonchev–Trinajstić information content (AvgIpc) is 3.39. The Kier molecular flexibility index (Phi) is 55.4. The van der Waals surface area contributed by atoms with Crippen LogP contribution in [0.3, 0.4) is 0 Å². The summed E-state index contributed by atoms with van der Waals surface area (Å²) in [5.41, 5.74) is 0.